The molecular weight excluding hydrogens is 366 g/mol. The molecule has 4 nitrogen and oxygen atoms in total. The quantitative estimate of drug-likeness (QED) is 0.844. The van der Waals surface area contributed by atoms with Crippen LogP contribution < -0.4 is 5.32 Å². The molecule has 0 saturated carbocycles. The minimum Gasteiger partial charge on any atom is -0.479 e. The molecule has 2 atom stereocenters. The van der Waals surface area contributed by atoms with E-state index >= 15 is 0 Å². The highest BCUT2D eigenvalue weighted by atomic mass is 79.9. The van der Waals surface area contributed by atoms with Gasteiger partial charge in [-0.3, -0.25) is 0 Å². The minimum absolute atomic E-state index is 0.0401. The van der Waals surface area contributed by atoms with Crippen molar-refractivity contribution < 1.29 is 14.6 Å². The summed E-state index contributed by atoms with van der Waals surface area (Å²) in [5.74, 6) is -0.873. The number of carboxylic acids is 1. The number of aliphatic carboxylic acids is 1. The Morgan fingerprint density at radius 2 is 2.22 bits per heavy atom. The van der Waals surface area contributed by atoms with Crippen LogP contribution in [0.15, 0.2) is 27.1 Å². The molecule has 18 heavy (non-hydrogen) atoms. The van der Waals surface area contributed by atoms with Crippen LogP contribution in [0.3, 0.4) is 0 Å². The minimum atomic E-state index is -0.873. The highest BCUT2D eigenvalue weighted by molar-refractivity contribution is 9.11. The van der Waals surface area contributed by atoms with Gasteiger partial charge < -0.3 is 15.2 Å². The first-order valence-corrected chi connectivity index (χ1v) is 7.22. The number of nitrogens with one attached hydrogen (secondary N) is 1. The normalized spacial score (nSPS) is 23.0. The van der Waals surface area contributed by atoms with E-state index < -0.39 is 12.1 Å². The van der Waals surface area contributed by atoms with Crippen molar-refractivity contribution in [2.45, 2.75) is 25.0 Å². The number of carbonyl (C=O) groups is 1. The fourth-order valence-electron chi connectivity index (χ4n) is 1.89. The summed E-state index contributed by atoms with van der Waals surface area (Å²) < 4.78 is 7.39. The molecule has 2 N–H and O–H groups in total. The average molecular weight is 379 g/mol. The molecule has 6 heteroatoms. The van der Waals surface area contributed by atoms with Crippen molar-refractivity contribution in [1.82, 2.24) is 0 Å². The Bertz CT molecular complexity index is 453. The van der Waals surface area contributed by atoms with Crippen molar-refractivity contribution in [1.29, 1.82) is 0 Å². The van der Waals surface area contributed by atoms with Crippen molar-refractivity contribution in [3.63, 3.8) is 0 Å². The highest BCUT2D eigenvalue weighted by Crippen LogP contribution is 2.27. The Balaban J connectivity index is 1.87. The van der Waals surface area contributed by atoms with Crippen molar-refractivity contribution in [2.24, 2.45) is 0 Å². The lowest BCUT2D eigenvalue weighted by atomic mass is 10.2. The van der Waals surface area contributed by atoms with E-state index in [2.05, 4.69) is 37.2 Å². The van der Waals surface area contributed by atoms with E-state index in [4.69, 9.17) is 9.84 Å². The fraction of sp³-hybridized carbons (Fsp3) is 0.417. The molecule has 1 aromatic rings. The third-order valence-electron chi connectivity index (χ3n) is 2.83. The molecular formula is C12H13Br2NO3. The molecule has 1 aliphatic heterocycles. The van der Waals surface area contributed by atoms with Gasteiger partial charge in [0.15, 0.2) is 6.10 Å². The van der Waals surface area contributed by atoms with Gasteiger partial charge in [-0.15, -0.1) is 0 Å². The molecule has 0 radical (unpaired) electrons. The van der Waals surface area contributed by atoms with Crippen LogP contribution in [0.5, 0.6) is 0 Å². The summed E-state index contributed by atoms with van der Waals surface area (Å²) in [7, 11) is 0. The summed E-state index contributed by atoms with van der Waals surface area (Å²) in [5.41, 5.74) is 0.973. The average Bonchev–Trinajstić information content (AvgIpc) is 2.76. The number of rotatable bonds is 4. The second-order valence-corrected chi connectivity index (χ2v) is 5.94. The Morgan fingerprint density at radius 3 is 2.83 bits per heavy atom. The maximum atomic E-state index is 10.8. The summed E-state index contributed by atoms with van der Waals surface area (Å²) in [6.45, 7) is 0.615. The van der Waals surface area contributed by atoms with E-state index in [1.54, 1.807) is 0 Å². The highest BCUT2D eigenvalue weighted by Gasteiger charge is 2.30. The van der Waals surface area contributed by atoms with E-state index in [0.29, 0.717) is 13.0 Å². The Hall–Kier alpha value is -0.590. The predicted molar refractivity (Wildman–Crippen MR) is 75.9 cm³/mol. The third-order valence-corrected chi connectivity index (χ3v) is 3.98. The molecule has 1 heterocycles. The van der Waals surface area contributed by atoms with Crippen LogP contribution in [-0.4, -0.2) is 29.8 Å². The summed E-state index contributed by atoms with van der Waals surface area (Å²) in [4.78, 5) is 10.8. The number of hydrogen-bond acceptors (Lipinski definition) is 3. The van der Waals surface area contributed by atoms with Crippen molar-refractivity contribution in [3.05, 3.63) is 27.1 Å². The smallest absolute Gasteiger partial charge is 0.332 e. The maximum absolute atomic E-state index is 10.8. The van der Waals surface area contributed by atoms with E-state index in [0.717, 1.165) is 21.1 Å². The molecule has 1 aromatic carbocycles. The Labute approximate surface area is 122 Å². The van der Waals surface area contributed by atoms with Gasteiger partial charge in [0.05, 0.1) is 6.10 Å². The monoisotopic (exact) mass is 377 g/mol. The largest absolute Gasteiger partial charge is 0.479 e. The van der Waals surface area contributed by atoms with E-state index in [1.807, 2.05) is 18.2 Å². The van der Waals surface area contributed by atoms with Crippen LogP contribution in [0.2, 0.25) is 0 Å². The summed E-state index contributed by atoms with van der Waals surface area (Å²) in [5, 5.41) is 12.1. The molecule has 2 rings (SSSR count). The molecule has 0 aliphatic carbocycles. The van der Waals surface area contributed by atoms with Gasteiger partial charge in [0, 0.05) is 21.2 Å². The molecule has 98 valence electrons. The van der Waals surface area contributed by atoms with Gasteiger partial charge in [-0.1, -0.05) is 15.9 Å². The van der Waals surface area contributed by atoms with Crippen molar-refractivity contribution >= 4 is 43.5 Å². The van der Waals surface area contributed by atoms with Gasteiger partial charge in [-0.05, 0) is 47.0 Å². The van der Waals surface area contributed by atoms with Crippen LogP contribution in [-0.2, 0) is 9.53 Å². The third kappa shape index (κ3) is 3.46. The number of halogens is 2. The molecule has 1 saturated heterocycles. The van der Waals surface area contributed by atoms with E-state index in [-0.39, 0.29) is 6.10 Å². The summed E-state index contributed by atoms with van der Waals surface area (Å²) >= 11 is 6.85. The molecule has 0 bridgehead atoms. The lowest BCUT2D eigenvalue weighted by Crippen LogP contribution is -2.24. The maximum Gasteiger partial charge on any atom is 0.332 e. The van der Waals surface area contributed by atoms with Crippen LogP contribution in [0.4, 0.5) is 5.69 Å². The zero-order valence-electron chi connectivity index (χ0n) is 9.53. The summed E-state index contributed by atoms with van der Waals surface area (Å²) in [6.07, 6.45) is 0.674. The first-order chi connectivity index (χ1) is 8.56. The lowest BCUT2D eigenvalue weighted by molar-refractivity contribution is -0.149. The zero-order valence-corrected chi connectivity index (χ0v) is 12.7. The second-order valence-electron chi connectivity index (χ2n) is 4.17. The number of hydrogen-bond donors (Lipinski definition) is 2. The Morgan fingerprint density at radius 1 is 1.44 bits per heavy atom. The van der Waals surface area contributed by atoms with E-state index in [9.17, 15) is 4.79 Å². The van der Waals surface area contributed by atoms with Gasteiger partial charge in [-0.2, -0.15) is 0 Å². The standard InChI is InChI=1S/C12H13Br2NO3/c13-7-1-3-10(9(14)5-7)15-6-8-2-4-11(18-8)12(16)17/h1,3,5,8,11,15H,2,4,6H2,(H,16,17). The van der Waals surface area contributed by atoms with Crippen LogP contribution in [0.1, 0.15) is 12.8 Å². The molecule has 2 unspecified atom stereocenters. The zero-order chi connectivity index (χ0) is 13.1. The van der Waals surface area contributed by atoms with Gasteiger partial charge in [-0.25, -0.2) is 4.79 Å². The van der Waals surface area contributed by atoms with Crippen LogP contribution in [0.25, 0.3) is 0 Å². The molecule has 1 aliphatic rings. The van der Waals surface area contributed by atoms with Gasteiger partial charge in [0.1, 0.15) is 0 Å². The molecule has 1 fully saturated rings. The number of anilines is 1. The SMILES string of the molecule is O=C(O)C1CCC(CNc2ccc(Br)cc2Br)O1. The Kier molecular flexibility index (Phi) is 4.64. The lowest BCUT2D eigenvalue weighted by Gasteiger charge is -2.14. The van der Waals surface area contributed by atoms with E-state index in [1.165, 1.54) is 0 Å². The number of ether oxygens (including phenoxy) is 1. The van der Waals surface area contributed by atoms with Crippen molar-refractivity contribution in [3.8, 4) is 0 Å². The summed E-state index contributed by atoms with van der Waals surface area (Å²) in [6, 6.07) is 5.86. The van der Waals surface area contributed by atoms with Gasteiger partial charge in [0.25, 0.3) is 0 Å². The first kappa shape index (κ1) is 13.8. The number of carboxylic acid groups (broad SMARTS) is 1. The fourth-order valence-corrected chi connectivity index (χ4v) is 3.08. The molecule has 0 amide bonds. The van der Waals surface area contributed by atoms with Gasteiger partial charge in [0.2, 0.25) is 0 Å². The first-order valence-electron chi connectivity index (χ1n) is 5.63. The number of benzene rings is 1. The molecule has 0 spiro atoms. The predicted octanol–water partition coefficient (Wildman–Crippen LogP) is 3.26. The van der Waals surface area contributed by atoms with Gasteiger partial charge >= 0.3 is 5.97 Å². The molecule has 0 aromatic heterocycles. The second kappa shape index (κ2) is 6.04. The van der Waals surface area contributed by atoms with Crippen molar-refractivity contribution in [2.75, 3.05) is 11.9 Å². The topological polar surface area (TPSA) is 58.6 Å². The van der Waals surface area contributed by atoms with Crippen LogP contribution >= 0.6 is 31.9 Å². The van der Waals surface area contributed by atoms with Crippen LogP contribution in [0, 0.1) is 0 Å².